The summed E-state index contributed by atoms with van der Waals surface area (Å²) in [5, 5.41) is 3.28. The third-order valence-electron chi connectivity index (χ3n) is 9.36. The Balaban J connectivity index is 1.13. The summed E-state index contributed by atoms with van der Waals surface area (Å²) < 4.78 is 6.99. The van der Waals surface area contributed by atoms with Gasteiger partial charge < -0.3 is 15.0 Å². The Hall–Kier alpha value is -2.41. The molecule has 7 heteroatoms. The standard InChI is InChI=1S/C28H38N4O3/c1-35-10-7-19-5-8-31(9-6-19)27(34)23-17-32-24(3-2-4-25(32)30-23)26(33)29-18-28-14-20-11-21(15-28)13-22(12-20)16-28/h2-4,17,19-22H,5-16,18H2,1H3,(H,29,33). The minimum absolute atomic E-state index is 0.0428. The number of fused-ring (bicyclic) bond motifs is 1. The van der Waals surface area contributed by atoms with E-state index in [-0.39, 0.29) is 11.8 Å². The molecule has 1 N–H and O–H groups in total. The summed E-state index contributed by atoms with van der Waals surface area (Å²) in [5.41, 5.74) is 1.91. The van der Waals surface area contributed by atoms with E-state index in [0.29, 0.717) is 28.4 Å². The Kier molecular flexibility index (Phi) is 6.07. The molecule has 3 heterocycles. The van der Waals surface area contributed by atoms with Crippen molar-refractivity contribution in [3.63, 3.8) is 0 Å². The van der Waals surface area contributed by atoms with Crippen molar-refractivity contribution in [3.05, 3.63) is 35.8 Å². The highest BCUT2D eigenvalue weighted by Crippen LogP contribution is 2.59. The van der Waals surface area contributed by atoms with E-state index in [1.807, 2.05) is 23.1 Å². The molecule has 0 unspecified atom stereocenters. The molecule has 5 aliphatic rings. The SMILES string of the molecule is COCCC1CCN(C(=O)c2cn3c(C(=O)NCC45CC6CC(CC(C6)C4)C5)cccc3n2)CC1. The molecule has 2 aromatic heterocycles. The van der Waals surface area contributed by atoms with Gasteiger partial charge in [-0.1, -0.05) is 6.07 Å². The highest BCUT2D eigenvalue weighted by atomic mass is 16.5. The van der Waals surface area contributed by atoms with E-state index >= 15 is 0 Å². The summed E-state index contributed by atoms with van der Waals surface area (Å²) >= 11 is 0. The van der Waals surface area contributed by atoms with Crippen molar-refractivity contribution in [1.82, 2.24) is 19.6 Å². The van der Waals surface area contributed by atoms with Crippen LogP contribution in [0.15, 0.2) is 24.4 Å². The monoisotopic (exact) mass is 478 g/mol. The van der Waals surface area contributed by atoms with Crippen LogP contribution in [0.2, 0.25) is 0 Å². The van der Waals surface area contributed by atoms with Crippen molar-refractivity contribution in [2.24, 2.45) is 29.1 Å². The number of hydrogen-bond donors (Lipinski definition) is 1. The predicted molar refractivity (Wildman–Crippen MR) is 133 cm³/mol. The molecular formula is C28H38N4O3. The van der Waals surface area contributed by atoms with Crippen LogP contribution in [0, 0.1) is 29.1 Å². The van der Waals surface area contributed by atoms with Crippen molar-refractivity contribution in [3.8, 4) is 0 Å². The van der Waals surface area contributed by atoms with Crippen LogP contribution >= 0.6 is 0 Å². The lowest BCUT2D eigenvalue weighted by atomic mass is 9.49. The Morgan fingerprint density at radius 3 is 2.43 bits per heavy atom. The fourth-order valence-electron chi connectivity index (χ4n) is 8.03. The predicted octanol–water partition coefficient (Wildman–Crippen LogP) is 4.17. The number of rotatable bonds is 7. The maximum atomic E-state index is 13.3. The summed E-state index contributed by atoms with van der Waals surface area (Å²) in [7, 11) is 1.74. The van der Waals surface area contributed by atoms with E-state index in [2.05, 4.69) is 10.3 Å². The Morgan fingerprint density at radius 1 is 1.09 bits per heavy atom. The van der Waals surface area contributed by atoms with E-state index in [1.54, 1.807) is 17.7 Å². The van der Waals surface area contributed by atoms with Gasteiger partial charge in [-0.05, 0) is 99.0 Å². The number of pyridine rings is 1. The van der Waals surface area contributed by atoms with Gasteiger partial charge in [-0.15, -0.1) is 0 Å². The molecule has 0 aromatic carbocycles. The van der Waals surface area contributed by atoms with Gasteiger partial charge in [-0.2, -0.15) is 0 Å². The Labute approximate surface area is 207 Å². The fraction of sp³-hybridized carbons (Fsp3) is 0.679. The summed E-state index contributed by atoms with van der Waals surface area (Å²) in [4.78, 5) is 33.0. The van der Waals surface area contributed by atoms with Gasteiger partial charge in [0.25, 0.3) is 11.8 Å². The molecule has 188 valence electrons. The summed E-state index contributed by atoms with van der Waals surface area (Å²) in [6.45, 7) is 3.04. The first-order chi connectivity index (χ1) is 17.0. The van der Waals surface area contributed by atoms with Gasteiger partial charge >= 0.3 is 0 Å². The largest absolute Gasteiger partial charge is 0.385 e. The van der Waals surface area contributed by atoms with E-state index < -0.39 is 0 Å². The zero-order valence-electron chi connectivity index (χ0n) is 20.9. The van der Waals surface area contributed by atoms with Gasteiger partial charge in [0, 0.05) is 39.5 Å². The molecule has 4 bridgehead atoms. The zero-order chi connectivity index (χ0) is 24.0. The molecule has 4 aliphatic carbocycles. The Morgan fingerprint density at radius 2 is 1.77 bits per heavy atom. The second-order valence-electron chi connectivity index (χ2n) is 11.9. The molecule has 0 radical (unpaired) electrons. The highest BCUT2D eigenvalue weighted by molar-refractivity contribution is 5.95. The number of nitrogens with one attached hydrogen (secondary N) is 1. The van der Waals surface area contributed by atoms with Crippen LogP contribution < -0.4 is 5.32 Å². The third kappa shape index (κ3) is 4.48. The molecule has 0 atom stereocenters. The van der Waals surface area contributed by atoms with E-state index in [0.717, 1.165) is 63.3 Å². The second kappa shape index (κ2) is 9.23. The first-order valence-corrected chi connectivity index (χ1v) is 13.6. The van der Waals surface area contributed by atoms with Crippen LogP contribution in [0.4, 0.5) is 0 Å². The summed E-state index contributed by atoms with van der Waals surface area (Å²) in [6.07, 6.45) is 12.8. The van der Waals surface area contributed by atoms with E-state index in [1.165, 1.54) is 38.5 Å². The van der Waals surface area contributed by atoms with Crippen LogP contribution in [-0.2, 0) is 4.74 Å². The topological polar surface area (TPSA) is 75.9 Å². The molecule has 1 aliphatic heterocycles. The number of nitrogens with zero attached hydrogens (tertiary/aromatic N) is 3. The average Bonchev–Trinajstić information content (AvgIpc) is 3.30. The lowest BCUT2D eigenvalue weighted by Crippen LogP contribution is -2.51. The van der Waals surface area contributed by atoms with Crippen molar-refractivity contribution in [2.75, 3.05) is 33.4 Å². The summed E-state index contributed by atoms with van der Waals surface area (Å²) in [5.74, 6) is 3.11. The molecule has 35 heavy (non-hydrogen) atoms. The molecule has 4 saturated carbocycles. The molecule has 7 nitrogen and oxygen atoms in total. The van der Waals surface area contributed by atoms with E-state index in [4.69, 9.17) is 4.74 Å². The smallest absolute Gasteiger partial charge is 0.274 e. The number of amides is 2. The normalized spacial score (nSPS) is 30.2. The second-order valence-corrected chi connectivity index (χ2v) is 11.9. The molecular weight excluding hydrogens is 440 g/mol. The van der Waals surface area contributed by atoms with Gasteiger partial charge in [0.2, 0.25) is 0 Å². The van der Waals surface area contributed by atoms with Crippen molar-refractivity contribution in [1.29, 1.82) is 0 Å². The van der Waals surface area contributed by atoms with Crippen LogP contribution in [0.1, 0.15) is 78.8 Å². The number of hydrogen-bond acceptors (Lipinski definition) is 4. The molecule has 0 spiro atoms. The first kappa shape index (κ1) is 23.0. The molecule has 7 rings (SSSR count). The number of ether oxygens (including phenoxy) is 1. The lowest BCUT2D eigenvalue weighted by Gasteiger charge is -2.56. The van der Waals surface area contributed by atoms with Gasteiger partial charge in [-0.25, -0.2) is 4.98 Å². The number of likely N-dealkylation sites (tertiary alicyclic amines) is 1. The Bertz CT molecular complexity index is 1070. The average molecular weight is 479 g/mol. The van der Waals surface area contributed by atoms with Crippen molar-refractivity contribution < 1.29 is 14.3 Å². The number of carbonyl (C=O) groups excluding carboxylic acids is 2. The highest BCUT2D eigenvalue weighted by Gasteiger charge is 2.50. The van der Waals surface area contributed by atoms with E-state index in [9.17, 15) is 9.59 Å². The minimum Gasteiger partial charge on any atom is -0.385 e. The number of imidazole rings is 1. The van der Waals surface area contributed by atoms with Gasteiger partial charge in [-0.3, -0.25) is 14.0 Å². The first-order valence-electron chi connectivity index (χ1n) is 13.6. The maximum Gasteiger partial charge on any atom is 0.274 e. The summed E-state index contributed by atoms with van der Waals surface area (Å²) in [6, 6.07) is 5.56. The van der Waals surface area contributed by atoms with Gasteiger partial charge in [0.15, 0.2) is 0 Å². The number of methoxy groups -OCH3 is 1. The fourth-order valence-corrected chi connectivity index (χ4v) is 8.03. The van der Waals surface area contributed by atoms with Crippen molar-refractivity contribution in [2.45, 2.75) is 57.8 Å². The third-order valence-corrected chi connectivity index (χ3v) is 9.36. The van der Waals surface area contributed by atoms with Crippen LogP contribution in [0.3, 0.4) is 0 Å². The van der Waals surface area contributed by atoms with Crippen LogP contribution in [0.5, 0.6) is 0 Å². The van der Waals surface area contributed by atoms with Gasteiger partial charge in [0.1, 0.15) is 17.0 Å². The molecule has 5 fully saturated rings. The molecule has 1 saturated heterocycles. The molecule has 2 amide bonds. The lowest BCUT2D eigenvalue weighted by molar-refractivity contribution is -0.0503. The minimum atomic E-state index is -0.0679. The number of aromatic nitrogens is 2. The number of carbonyl (C=O) groups is 2. The zero-order valence-corrected chi connectivity index (χ0v) is 20.9. The van der Waals surface area contributed by atoms with Crippen molar-refractivity contribution >= 4 is 17.5 Å². The maximum absolute atomic E-state index is 13.3. The van der Waals surface area contributed by atoms with Gasteiger partial charge in [0.05, 0.1) is 0 Å². The number of piperidine rings is 1. The molecule has 2 aromatic rings. The van der Waals surface area contributed by atoms with Crippen LogP contribution in [-0.4, -0.2) is 59.4 Å². The van der Waals surface area contributed by atoms with Crippen LogP contribution in [0.25, 0.3) is 5.65 Å². The quantitative estimate of drug-likeness (QED) is 0.648.